The standard InChI is InChI=1S/C19H23Cl2N3O2/c20-13-8-12(9-14(21)10-13)18(25)24-6-1-2-17(24)19(26)23-7-5-15-3-4-16(11-23)22-15/h8-10,15-17,22H,1-7,11H2. The number of carbonyl (C=O) groups excluding carboxylic acids is 2. The summed E-state index contributed by atoms with van der Waals surface area (Å²) < 4.78 is 0. The Labute approximate surface area is 163 Å². The summed E-state index contributed by atoms with van der Waals surface area (Å²) in [5.41, 5.74) is 0.443. The Bertz CT molecular complexity index is 706. The molecule has 5 nitrogen and oxygen atoms in total. The van der Waals surface area contributed by atoms with Gasteiger partial charge in [-0.25, -0.2) is 0 Å². The Morgan fingerprint density at radius 3 is 2.46 bits per heavy atom. The lowest BCUT2D eigenvalue weighted by atomic mass is 10.1. The molecule has 3 aliphatic rings. The molecule has 3 aliphatic heterocycles. The number of nitrogens with zero attached hydrogens (tertiary/aromatic N) is 2. The third-order valence-electron chi connectivity index (χ3n) is 5.74. The smallest absolute Gasteiger partial charge is 0.254 e. The molecule has 2 amide bonds. The number of nitrogens with one attached hydrogen (secondary N) is 1. The van der Waals surface area contributed by atoms with E-state index in [1.54, 1.807) is 23.1 Å². The van der Waals surface area contributed by atoms with E-state index in [2.05, 4.69) is 5.32 Å². The third-order valence-corrected chi connectivity index (χ3v) is 6.18. The number of halogens is 2. The van der Waals surface area contributed by atoms with Gasteiger partial charge in [-0.05, 0) is 50.3 Å². The van der Waals surface area contributed by atoms with E-state index in [0.717, 1.165) is 38.8 Å². The maximum atomic E-state index is 13.2. The van der Waals surface area contributed by atoms with Crippen molar-refractivity contribution in [3.05, 3.63) is 33.8 Å². The van der Waals surface area contributed by atoms with Crippen molar-refractivity contribution in [2.24, 2.45) is 0 Å². The molecule has 1 N–H and O–H groups in total. The largest absolute Gasteiger partial charge is 0.339 e. The molecule has 0 radical (unpaired) electrons. The highest BCUT2D eigenvalue weighted by Crippen LogP contribution is 2.27. The van der Waals surface area contributed by atoms with Gasteiger partial charge < -0.3 is 15.1 Å². The van der Waals surface area contributed by atoms with Crippen LogP contribution < -0.4 is 5.32 Å². The van der Waals surface area contributed by atoms with E-state index in [1.165, 1.54) is 6.42 Å². The van der Waals surface area contributed by atoms with Gasteiger partial charge in [0.25, 0.3) is 5.91 Å². The number of benzene rings is 1. The molecule has 7 heteroatoms. The van der Waals surface area contributed by atoms with E-state index in [1.807, 2.05) is 4.90 Å². The van der Waals surface area contributed by atoms with Crippen LogP contribution in [0.15, 0.2) is 18.2 Å². The Morgan fingerprint density at radius 1 is 0.962 bits per heavy atom. The van der Waals surface area contributed by atoms with E-state index < -0.39 is 0 Å². The fourth-order valence-electron chi connectivity index (χ4n) is 4.46. The Hall–Kier alpha value is -1.30. The summed E-state index contributed by atoms with van der Waals surface area (Å²) in [5.74, 6) is -0.0851. The second kappa shape index (κ2) is 7.37. The first-order chi connectivity index (χ1) is 12.5. The minimum Gasteiger partial charge on any atom is -0.339 e. The van der Waals surface area contributed by atoms with Crippen molar-refractivity contribution in [3.63, 3.8) is 0 Å². The number of carbonyl (C=O) groups is 2. The normalized spacial score (nSPS) is 28.3. The lowest BCUT2D eigenvalue weighted by molar-refractivity contribution is -0.135. The fraction of sp³-hybridized carbons (Fsp3) is 0.579. The molecule has 3 heterocycles. The zero-order valence-electron chi connectivity index (χ0n) is 14.6. The van der Waals surface area contributed by atoms with Gasteiger partial charge in [0.1, 0.15) is 6.04 Å². The molecular formula is C19H23Cl2N3O2. The third kappa shape index (κ3) is 3.57. The van der Waals surface area contributed by atoms with E-state index in [-0.39, 0.29) is 17.9 Å². The second-order valence-electron chi connectivity index (χ2n) is 7.53. The number of likely N-dealkylation sites (tertiary alicyclic amines) is 2. The minimum absolute atomic E-state index is 0.0818. The van der Waals surface area contributed by atoms with Crippen molar-refractivity contribution in [3.8, 4) is 0 Å². The SMILES string of the molecule is O=C(C1CCCN1C(=O)c1cc(Cl)cc(Cl)c1)N1CCC2CCC(C1)N2. The molecular weight excluding hydrogens is 373 g/mol. The minimum atomic E-state index is -0.378. The molecule has 140 valence electrons. The van der Waals surface area contributed by atoms with Gasteiger partial charge in [-0.3, -0.25) is 9.59 Å². The van der Waals surface area contributed by atoms with Crippen LogP contribution in [0.3, 0.4) is 0 Å². The van der Waals surface area contributed by atoms with Gasteiger partial charge in [-0.2, -0.15) is 0 Å². The summed E-state index contributed by atoms with van der Waals surface area (Å²) in [6.07, 6.45) is 4.89. The van der Waals surface area contributed by atoms with Crippen LogP contribution in [0.4, 0.5) is 0 Å². The van der Waals surface area contributed by atoms with Crippen molar-refractivity contribution >= 4 is 35.0 Å². The van der Waals surface area contributed by atoms with Crippen molar-refractivity contribution in [2.45, 2.75) is 50.2 Å². The molecule has 2 bridgehead atoms. The lowest BCUT2D eigenvalue weighted by Gasteiger charge is -2.31. The van der Waals surface area contributed by atoms with Crippen LogP contribution in [0, 0.1) is 0 Å². The maximum absolute atomic E-state index is 13.2. The molecule has 0 aliphatic carbocycles. The molecule has 4 rings (SSSR count). The topological polar surface area (TPSA) is 52.7 Å². The molecule has 26 heavy (non-hydrogen) atoms. The quantitative estimate of drug-likeness (QED) is 0.837. The number of hydrogen-bond donors (Lipinski definition) is 1. The molecule has 3 fully saturated rings. The molecule has 1 aromatic rings. The average molecular weight is 396 g/mol. The van der Waals surface area contributed by atoms with Crippen LogP contribution in [0.2, 0.25) is 10.0 Å². The van der Waals surface area contributed by atoms with Crippen molar-refractivity contribution in [1.29, 1.82) is 0 Å². The van der Waals surface area contributed by atoms with Crippen molar-refractivity contribution in [1.82, 2.24) is 15.1 Å². The first-order valence-corrected chi connectivity index (χ1v) is 10.1. The first kappa shape index (κ1) is 18.1. The molecule has 0 saturated carbocycles. The highest BCUT2D eigenvalue weighted by molar-refractivity contribution is 6.35. The Balaban J connectivity index is 1.50. The number of rotatable bonds is 2. The molecule has 0 aromatic heterocycles. The highest BCUT2D eigenvalue weighted by atomic mass is 35.5. The Morgan fingerprint density at radius 2 is 1.69 bits per heavy atom. The van der Waals surface area contributed by atoms with E-state index >= 15 is 0 Å². The number of fused-ring (bicyclic) bond motifs is 2. The predicted octanol–water partition coefficient (Wildman–Crippen LogP) is 2.95. The Kier molecular flexibility index (Phi) is 5.13. The summed E-state index contributed by atoms with van der Waals surface area (Å²) in [6.45, 7) is 2.11. The molecule has 0 spiro atoms. The van der Waals surface area contributed by atoms with Crippen molar-refractivity contribution in [2.75, 3.05) is 19.6 Å². The summed E-state index contributed by atoms with van der Waals surface area (Å²) in [5, 5.41) is 4.45. The zero-order valence-corrected chi connectivity index (χ0v) is 16.1. The second-order valence-corrected chi connectivity index (χ2v) is 8.40. The maximum Gasteiger partial charge on any atom is 0.254 e. The monoisotopic (exact) mass is 395 g/mol. The molecule has 1 aromatic carbocycles. The van der Waals surface area contributed by atoms with Gasteiger partial charge in [-0.1, -0.05) is 23.2 Å². The molecule has 3 unspecified atom stereocenters. The van der Waals surface area contributed by atoms with Crippen LogP contribution in [0.5, 0.6) is 0 Å². The van der Waals surface area contributed by atoms with Crippen molar-refractivity contribution < 1.29 is 9.59 Å². The highest BCUT2D eigenvalue weighted by Gasteiger charge is 2.39. The summed E-state index contributed by atoms with van der Waals surface area (Å²) >= 11 is 12.1. The van der Waals surface area contributed by atoms with Crippen LogP contribution in [0.25, 0.3) is 0 Å². The van der Waals surface area contributed by atoms with Crippen LogP contribution >= 0.6 is 23.2 Å². The summed E-state index contributed by atoms with van der Waals surface area (Å²) in [4.78, 5) is 29.8. The molecule has 3 atom stereocenters. The predicted molar refractivity (Wildman–Crippen MR) is 102 cm³/mol. The average Bonchev–Trinajstić information content (AvgIpc) is 3.19. The van der Waals surface area contributed by atoms with Gasteiger partial charge in [0.2, 0.25) is 5.91 Å². The van der Waals surface area contributed by atoms with E-state index in [0.29, 0.717) is 34.2 Å². The van der Waals surface area contributed by atoms with Gasteiger partial charge in [0, 0.05) is 47.3 Å². The summed E-state index contributed by atoms with van der Waals surface area (Å²) in [6, 6.07) is 5.38. The fourth-order valence-corrected chi connectivity index (χ4v) is 4.99. The number of hydrogen-bond acceptors (Lipinski definition) is 3. The lowest BCUT2D eigenvalue weighted by Crippen LogP contribution is -2.50. The van der Waals surface area contributed by atoms with Crippen LogP contribution in [-0.2, 0) is 4.79 Å². The van der Waals surface area contributed by atoms with Gasteiger partial charge in [0.15, 0.2) is 0 Å². The van der Waals surface area contributed by atoms with Crippen LogP contribution in [0.1, 0.15) is 42.5 Å². The van der Waals surface area contributed by atoms with E-state index in [9.17, 15) is 9.59 Å². The zero-order chi connectivity index (χ0) is 18.3. The van der Waals surface area contributed by atoms with E-state index in [4.69, 9.17) is 23.2 Å². The van der Waals surface area contributed by atoms with Gasteiger partial charge in [-0.15, -0.1) is 0 Å². The van der Waals surface area contributed by atoms with Gasteiger partial charge in [0.05, 0.1) is 0 Å². The summed E-state index contributed by atoms with van der Waals surface area (Å²) in [7, 11) is 0. The first-order valence-electron chi connectivity index (χ1n) is 9.33. The van der Waals surface area contributed by atoms with Gasteiger partial charge >= 0.3 is 0 Å². The van der Waals surface area contributed by atoms with Crippen LogP contribution in [-0.4, -0.2) is 59.4 Å². The molecule has 3 saturated heterocycles. The number of amides is 2.